The molecule has 0 aliphatic carbocycles. The highest BCUT2D eigenvalue weighted by Gasteiger charge is 2.32. The first kappa shape index (κ1) is 16.8. The van der Waals surface area contributed by atoms with Gasteiger partial charge in [0.05, 0.1) is 10.4 Å². The lowest BCUT2D eigenvalue weighted by Gasteiger charge is -2.24. The lowest BCUT2D eigenvalue weighted by Crippen LogP contribution is -2.35. The van der Waals surface area contributed by atoms with Crippen LogP contribution in [0.3, 0.4) is 0 Å². The van der Waals surface area contributed by atoms with Crippen LogP contribution in [0.1, 0.15) is 13.8 Å². The van der Waals surface area contributed by atoms with Gasteiger partial charge >= 0.3 is 0 Å². The van der Waals surface area contributed by atoms with Gasteiger partial charge in [0.25, 0.3) is 3.85 Å². The topological polar surface area (TPSA) is 38.3 Å². The van der Waals surface area contributed by atoms with E-state index in [1.165, 1.54) is 0 Å². The van der Waals surface area contributed by atoms with Crippen LogP contribution in [-0.2, 0) is 15.3 Å². The Balaban J connectivity index is 2.60. The lowest BCUT2D eigenvalue weighted by atomic mass is 10.1. The van der Waals surface area contributed by atoms with Crippen LogP contribution < -0.4 is 4.72 Å². The van der Waals surface area contributed by atoms with Crippen molar-refractivity contribution >= 4 is 46.2 Å². The van der Waals surface area contributed by atoms with Crippen molar-refractivity contribution in [2.75, 3.05) is 0 Å². The van der Waals surface area contributed by atoms with Crippen molar-refractivity contribution in [1.29, 1.82) is 0 Å². The minimum Gasteiger partial charge on any atom is -0.243 e. The fourth-order valence-electron chi connectivity index (χ4n) is 0.901. The largest absolute Gasteiger partial charge is 0.294 e. The van der Waals surface area contributed by atoms with Gasteiger partial charge in [0.15, 0.2) is 11.1 Å². The molecule has 1 aromatic rings. The molecule has 0 aliphatic heterocycles. The summed E-state index contributed by atoms with van der Waals surface area (Å²) in [6.45, 7) is 3.55. The second-order valence-electron chi connectivity index (χ2n) is 4.07. The molecule has 0 saturated carbocycles. The van der Waals surface area contributed by atoms with Crippen molar-refractivity contribution in [2.45, 2.75) is 28.1 Å². The number of halogens is 2. The molecule has 1 N–H and O–H groups in total. The van der Waals surface area contributed by atoms with Gasteiger partial charge in [-0.3, -0.25) is 0 Å². The minimum atomic E-state index is -1.76. The van der Waals surface area contributed by atoms with Crippen LogP contribution in [0.15, 0.2) is 35.2 Å². The van der Waals surface area contributed by atoms with E-state index < -0.39 is 20.5 Å². The van der Waals surface area contributed by atoms with E-state index >= 15 is 0 Å². The summed E-state index contributed by atoms with van der Waals surface area (Å²) in [5, 5.41) is 0. The van der Waals surface area contributed by atoms with Crippen molar-refractivity contribution in [2.24, 2.45) is 0 Å². The predicted molar refractivity (Wildman–Crippen MR) is 82.0 cm³/mol. The third-order valence-electron chi connectivity index (χ3n) is 1.89. The Bertz CT molecular complexity index is 486. The molecule has 7 heteroatoms. The molecular weight excluding hydrogens is 325 g/mol. The second-order valence-corrected chi connectivity index (χ2v) is 7.86. The summed E-state index contributed by atoms with van der Waals surface area (Å²) < 4.78 is 18.1. The number of terminal acetylenes is 1. The van der Waals surface area contributed by atoms with Crippen LogP contribution in [0.4, 0.5) is 0 Å². The number of hydrogen-bond donors (Lipinski definition) is 1. The molecule has 0 bridgehead atoms. The summed E-state index contributed by atoms with van der Waals surface area (Å²) in [6, 6.07) is 8.61. The molecule has 0 radical (unpaired) electrons. The third kappa shape index (κ3) is 6.17. The van der Waals surface area contributed by atoms with Crippen LogP contribution in [0.25, 0.3) is 0 Å². The molecule has 3 nitrogen and oxygen atoms in total. The van der Waals surface area contributed by atoms with Gasteiger partial charge < -0.3 is 0 Å². The summed E-state index contributed by atoms with van der Waals surface area (Å²) in [6.07, 6.45) is 5.32. The van der Waals surface area contributed by atoms with Crippen molar-refractivity contribution in [3.8, 4) is 12.3 Å². The highest BCUT2D eigenvalue weighted by molar-refractivity contribution is 8.01. The molecule has 1 rings (SSSR count). The van der Waals surface area contributed by atoms with Crippen molar-refractivity contribution in [3.05, 3.63) is 30.3 Å². The monoisotopic (exact) mass is 337 g/mol. The van der Waals surface area contributed by atoms with E-state index in [0.717, 1.165) is 11.9 Å². The zero-order valence-corrected chi connectivity index (χ0v) is 13.5. The van der Waals surface area contributed by atoms with Crippen LogP contribution in [-0.4, -0.2) is 13.6 Å². The van der Waals surface area contributed by atoms with Gasteiger partial charge in [0.1, 0.15) is 0 Å². The fraction of sp³-hybridized carbons (Fsp3) is 0.333. The van der Waals surface area contributed by atoms with Crippen LogP contribution in [0.5, 0.6) is 0 Å². The smallest absolute Gasteiger partial charge is 0.243 e. The van der Waals surface area contributed by atoms with E-state index in [2.05, 4.69) is 10.6 Å². The molecule has 104 valence electrons. The van der Waals surface area contributed by atoms with Crippen molar-refractivity contribution in [3.63, 3.8) is 0 Å². The zero-order valence-electron chi connectivity index (χ0n) is 10.4. The average molecular weight is 338 g/mol. The summed E-state index contributed by atoms with van der Waals surface area (Å²) in [4.78, 5) is 0.477. The Labute approximate surface area is 130 Å². The first-order valence-corrected chi connectivity index (χ1v) is 7.87. The highest BCUT2D eigenvalue weighted by Crippen LogP contribution is 2.37. The summed E-state index contributed by atoms with van der Waals surface area (Å²) in [5.74, 6) is 2.52. The quantitative estimate of drug-likeness (QED) is 0.373. The van der Waals surface area contributed by atoms with E-state index in [0.29, 0.717) is 4.90 Å². The first-order chi connectivity index (χ1) is 8.76. The number of rotatable bonds is 6. The molecule has 0 heterocycles. The van der Waals surface area contributed by atoms with Crippen LogP contribution in [0.2, 0.25) is 0 Å². The molecule has 0 aliphatic rings. The Morgan fingerprint density at radius 2 is 1.95 bits per heavy atom. The van der Waals surface area contributed by atoms with Gasteiger partial charge in [0, 0.05) is 0 Å². The van der Waals surface area contributed by atoms with E-state index in [1.54, 1.807) is 44.2 Å². The molecule has 0 spiro atoms. The van der Waals surface area contributed by atoms with E-state index in [4.69, 9.17) is 33.8 Å². The molecular formula is C12H13Cl2NO2S2. The van der Waals surface area contributed by atoms with Gasteiger partial charge in [-0.1, -0.05) is 47.3 Å². The van der Waals surface area contributed by atoms with E-state index in [9.17, 15) is 4.21 Å². The maximum atomic E-state index is 11.9. The van der Waals surface area contributed by atoms with Crippen molar-refractivity contribution < 1.29 is 8.39 Å². The van der Waals surface area contributed by atoms with E-state index in [-0.39, 0.29) is 0 Å². The minimum absolute atomic E-state index is 0.477. The van der Waals surface area contributed by atoms with Gasteiger partial charge in [-0.15, -0.1) is 6.42 Å². The SMILES string of the molecule is C#CC(C)(C)NSC(Cl)(Cl)OS(=O)c1ccccc1. The fourth-order valence-corrected chi connectivity index (χ4v) is 2.88. The molecule has 1 unspecified atom stereocenters. The standard InChI is InChI=1S/C12H13Cl2NO2S2/c1-4-11(2,3)15-18-12(13,14)17-19(16)10-8-6-5-7-9-10/h1,5-9,15H,2-3H3. The molecule has 0 aromatic heterocycles. The Morgan fingerprint density at radius 1 is 1.37 bits per heavy atom. The van der Waals surface area contributed by atoms with Gasteiger partial charge in [0.2, 0.25) is 0 Å². The summed E-state index contributed by atoms with van der Waals surface area (Å²) >= 11 is 10.9. The Hall–Kier alpha value is -0.220. The molecule has 1 atom stereocenters. The maximum absolute atomic E-state index is 11.9. The first-order valence-electron chi connectivity index (χ1n) is 5.23. The Kier molecular flexibility index (Phi) is 6.18. The average Bonchev–Trinajstić information content (AvgIpc) is 2.37. The second kappa shape index (κ2) is 6.98. The molecule has 0 saturated heterocycles. The number of benzene rings is 1. The Morgan fingerprint density at radius 3 is 2.47 bits per heavy atom. The van der Waals surface area contributed by atoms with Crippen LogP contribution >= 0.6 is 35.1 Å². The third-order valence-corrected chi connectivity index (χ3v) is 4.79. The number of hydrogen-bond acceptors (Lipinski definition) is 4. The highest BCUT2D eigenvalue weighted by atomic mass is 35.5. The van der Waals surface area contributed by atoms with Crippen LogP contribution in [0, 0.1) is 12.3 Å². The maximum Gasteiger partial charge on any atom is 0.294 e. The van der Waals surface area contributed by atoms with Gasteiger partial charge in [-0.05, 0) is 37.9 Å². The number of nitrogens with one attached hydrogen (secondary N) is 1. The molecule has 0 amide bonds. The summed E-state index contributed by atoms with van der Waals surface area (Å²) in [5.41, 5.74) is -0.614. The lowest BCUT2D eigenvalue weighted by molar-refractivity contribution is 0.356. The van der Waals surface area contributed by atoms with Gasteiger partial charge in [-0.25, -0.2) is 13.1 Å². The molecule has 1 aromatic carbocycles. The predicted octanol–water partition coefficient (Wildman–Crippen LogP) is 3.46. The molecule has 0 fully saturated rings. The molecule has 19 heavy (non-hydrogen) atoms. The summed E-state index contributed by atoms with van der Waals surface area (Å²) in [7, 11) is 0. The normalized spacial score (nSPS) is 13.8. The van der Waals surface area contributed by atoms with Crippen molar-refractivity contribution in [1.82, 2.24) is 4.72 Å². The van der Waals surface area contributed by atoms with E-state index in [1.807, 2.05) is 0 Å². The zero-order chi connectivity index (χ0) is 14.5. The number of alkyl halides is 2. The van der Waals surface area contributed by atoms with Gasteiger partial charge in [-0.2, -0.15) is 0 Å².